The molecule has 0 aliphatic rings. The molecule has 1 atom stereocenters. The summed E-state index contributed by atoms with van der Waals surface area (Å²) >= 11 is 0. The molecule has 0 radical (unpaired) electrons. The van der Waals surface area contributed by atoms with Crippen LogP contribution in [0.1, 0.15) is 36.7 Å². The highest BCUT2D eigenvalue weighted by atomic mass is 35.7. The van der Waals surface area contributed by atoms with Crippen LogP contribution in [0.3, 0.4) is 0 Å². The molecular weight excluding hydrogens is 305 g/mol. The van der Waals surface area contributed by atoms with E-state index in [1.54, 1.807) is 0 Å². The van der Waals surface area contributed by atoms with Crippen molar-refractivity contribution in [3.63, 3.8) is 0 Å². The molecule has 1 aromatic carbocycles. The Morgan fingerprint density at radius 1 is 1.30 bits per heavy atom. The highest BCUT2D eigenvalue weighted by Gasteiger charge is 2.22. The van der Waals surface area contributed by atoms with E-state index >= 15 is 0 Å². The maximum absolute atomic E-state index is 13.5. The maximum atomic E-state index is 13.5. The lowest BCUT2D eigenvalue weighted by molar-refractivity contribution is 0.0929. The van der Waals surface area contributed by atoms with E-state index in [4.69, 9.17) is 10.7 Å². The molecule has 4 nitrogen and oxygen atoms in total. The molecule has 0 heterocycles. The third-order valence-corrected chi connectivity index (χ3v) is 4.64. The second kappa shape index (κ2) is 6.10. The van der Waals surface area contributed by atoms with Gasteiger partial charge in [-0.1, -0.05) is 13.8 Å². The van der Waals surface area contributed by atoms with Gasteiger partial charge in [-0.25, -0.2) is 12.8 Å². The van der Waals surface area contributed by atoms with E-state index in [9.17, 15) is 17.6 Å². The Morgan fingerprint density at radius 2 is 1.85 bits per heavy atom. The molecule has 0 spiro atoms. The van der Waals surface area contributed by atoms with Crippen molar-refractivity contribution in [1.82, 2.24) is 5.32 Å². The van der Waals surface area contributed by atoms with E-state index in [0.717, 1.165) is 12.1 Å². The Balaban J connectivity index is 3.26. The van der Waals surface area contributed by atoms with E-state index in [1.807, 2.05) is 20.8 Å². The van der Waals surface area contributed by atoms with E-state index in [2.05, 4.69) is 5.32 Å². The summed E-state index contributed by atoms with van der Waals surface area (Å²) in [7, 11) is 1.14. The van der Waals surface area contributed by atoms with Gasteiger partial charge in [0.15, 0.2) is 0 Å². The van der Waals surface area contributed by atoms with Gasteiger partial charge in [-0.2, -0.15) is 0 Å². The minimum Gasteiger partial charge on any atom is -0.349 e. The molecule has 112 valence electrons. The lowest BCUT2D eigenvalue weighted by Gasteiger charge is -2.18. The third kappa shape index (κ3) is 3.93. The Hall–Kier alpha value is -1.14. The van der Waals surface area contributed by atoms with Crippen molar-refractivity contribution >= 4 is 25.6 Å². The van der Waals surface area contributed by atoms with Gasteiger partial charge >= 0.3 is 0 Å². The monoisotopic (exact) mass is 321 g/mol. The van der Waals surface area contributed by atoms with Crippen molar-refractivity contribution < 1.29 is 17.6 Å². The predicted octanol–water partition coefficient (Wildman–Crippen LogP) is 2.84. The molecule has 1 amide bonds. The van der Waals surface area contributed by atoms with Crippen LogP contribution in [0.25, 0.3) is 0 Å². The second-order valence-corrected chi connectivity index (χ2v) is 7.55. The zero-order valence-corrected chi connectivity index (χ0v) is 13.3. The summed E-state index contributed by atoms with van der Waals surface area (Å²) in [5.74, 6) is -1.15. The van der Waals surface area contributed by atoms with Crippen molar-refractivity contribution in [2.75, 3.05) is 0 Å². The standard InChI is InChI=1S/C13H17ClFNO3S/c1-7(2)9(4)16-13(17)11-5-10(15)6-12(8(11)3)20(14,18)19/h5-7,9H,1-4H3,(H,16,17). The first-order valence-electron chi connectivity index (χ1n) is 6.09. The number of nitrogens with one attached hydrogen (secondary N) is 1. The average molecular weight is 322 g/mol. The summed E-state index contributed by atoms with van der Waals surface area (Å²) in [4.78, 5) is 11.7. The molecule has 0 aliphatic heterocycles. The van der Waals surface area contributed by atoms with Gasteiger partial charge in [0, 0.05) is 22.3 Å². The van der Waals surface area contributed by atoms with Gasteiger partial charge in [0.2, 0.25) is 0 Å². The number of carbonyl (C=O) groups excluding carboxylic acids is 1. The first-order chi connectivity index (χ1) is 9.04. The van der Waals surface area contributed by atoms with Crippen LogP contribution in [0.2, 0.25) is 0 Å². The maximum Gasteiger partial charge on any atom is 0.261 e. The van der Waals surface area contributed by atoms with Crippen LogP contribution in [0.15, 0.2) is 17.0 Å². The normalized spacial score (nSPS) is 13.3. The van der Waals surface area contributed by atoms with E-state index in [0.29, 0.717) is 0 Å². The third-order valence-electron chi connectivity index (χ3n) is 3.19. The average Bonchev–Trinajstić information content (AvgIpc) is 2.29. The summed E-state index contributed by atoms with van der Waals surface area (Å²) in [5.41, 5.74) is 0.103. The Bertz CT molecular complexity index is 629. The number of hydrogen-bond acceptors (Lipinski definition) is 3. The lowest BCUT2D eigenvalue weighted by Crippen LogP contribution is -2.36. The second-order valence-electron chi connectivity index (χ2n) is 5.02. The van der Waals surface area contributed by atoms with Crippen LogP contribution >= 0.6 is 10.7 Å². The minimum atomic E-state index is -4.10. The van der Waals surface area contributed by atoms with Crippen molar-refractivity contribution in [2.24, 2.45) is 5.92 Å². The Kier molecular flexibility index (Phi) is 5.15. The molecule has 1 N–H and O–H groups in total. The topological polar surface area (TPSA) is 63.2 Å². The fourth-order valence-corrected chi connectivity index (χ4v) is 2.80. The molecule has 1 rings (SSSR count). The zero-order chi connectivity index (χ0) is 15.7. The van der Waals surface area contributed by atoms with E-state index in [-0.39, 0.29) is 28.0 Å². The summed E-state index contributed by atoms with van der Waals surface area (Å²) in [6.07, 6.45) is 0. The number of hydrogen-bond donors (Lipinski definition) is 1. The summed E-state index contributed by atoms with van der Waals surface area (Å²) in [5, 5.41) is 2.70. The number of rotatable bonds is 4. The molecule has 0 bridgehead atoms. The zero-order valence-electron chi connectivity index (χ0n) is 11.7. The van der Waals surface area contributed by atoms with Gasteiger partial charge in [0.1, 0.15) is 5.82 Å². The first kappa shape index (κ1) is 16.9. The highest BCUT2D eigenvalue weighted by Crippen LogP contribution is 2.24. The van der Waals surface area contributed by atoms with Gasteiger partial charge in [-0.3, -0.25) is 4.79 Å². The van der Waals surface area contributed by atoms with Crippen molar-refractivity contribution in [1.29, 1.82) is 0 Å². The molecule has 0 saturated carbocycles. The fourth-order valence-electron chi connectivity index (χ4n) is 1.59. The van der Waals surface area contributed by atoms with E-state index < -0.39 is 20.8 Å². The first-order valence-corrected chi connectivity index (χ1v) is 8.40. The van der Waals surface area contributed by atoms with Crippen LogP contribution in [0.5, 0.6) is 0 Å². The molecule has 0 aliphatic carbocycles. The molecule has 7 heteroatoms. The van der Waals surface area contributed by atoms with Gasteiger partial charge in [0.05, 0.1) is 4.90 Å². The van der Waals surface area contributed by atoms with Crippen LogP contribution in [-0.2, 0) is 9.05 Å². The highest BCUT2D eigenvalue weighted by molar-refractivity contribution is 8.13. The molecule has 1 aromatic rings. The number of benzene rings is 1. The Morgan fingerprint density at radius 3 is 2.30 bits per heavy atom. The quantitative estimate of drug-likeness (QED) is 0.867. The summed E-state index contributed by atoms with van der Waals surface area (Å²) < 4.78 is 36.2. The molecule has 0 fully saturated rings. The predicted molar refractivity (Wildman–Crippen MR) is 75.9 cm³/mol. The fraction of sp³-hybridized carbons (Fsp3) is 0.462. The Labute approximate surface area is 122 Å². The molecule has 0 saturated heterocycles. The van der Waals surface area contributed by atoms with Crippen molar-refractivity contribution in [3.8, 4) is 0 Å². The van der Waals surface area contributed by atoms with Gasteiger partial charge in [-0.15, -0.1) is 0 Å². The number of halogens is 2. The van der Waals surface area contributed by atoms with Gasteiger partial charge in [-0.05, 0) is 37.5 Å². The SMILES string of the molecule is Cc1c(C(=O)NC(C)C(C)C)cc(F)cc1S(=O)(=O)Cl. The molecule has 0 aromatic heterocycles. The molecule has 1 unspecified atom stereocenters. The molecular formula is C13H17ClFNO3S. The molecule has 20 heavy (non-hydrogen) atoms. The minimum absolute atomic E-state index is 0.0308. The largest absolute Gasteiger partial charge is 0.349 e. The number of carbonyl (C=O) groups is 1. The van der Waals surface area contributed by atoms with Crippen molar-refractivity contribution in [3.05, 3.63) is 29.1 Å². The summed E-state index contributed by atoms with van der Waals surface area (Å²) in [6, 6.07) is 1.69. The lowest BCUT2D eigenvalue weighted by atomic mass is 10.0. The van der Waals surface area contributed by atoms with Crippen LogP contribution < -0.4 is 5.32 Å². The van der Waals surface area contributed by atoms with Crippen molar-refractivity contribution in [2.45, 2.75) is 38.6 Å². The van der Waals surface area contributed by atoms with Gasteiger partial charge < -0.3 is 5.32 Å². The van der Waals surface area contributed by atoms with E-state index in [1.165, 1.54) is 6.92 Å². The smallest absolute Gasteiger partial charge is 0.261 e. The summed E-state index contributed by atoms with van der Waals surface area (Å²) in [6.45, 7) is 7.09. The van der Waals surface area contributed by atoms with Crippen LogP contribution in [0.4, 0.5) is 4.39 Å². The van der Waals surface area contributed by atoms with Crippen LogP contribution in [-0.4, -0.2) is 20.4 Å². The van der Waals surface area contributed by atoms with Crippen LogP contribution in [0, 0.1) is 18.7 Å². The number of amides is 1. The van der Waals surface area contributed by atoms with Gasteiger partial charge in [0.25, 0.3) is 15.0 Å².